The van der Waals surface area contributed by atoms with Crippen LogP contribution in [0.5, 0.6) is 0 Å². The van der Waals surface area contributed by atoms with Gasteiger partial charge in [0, 0.05) is 4.88 Å². The number of carbonyl (C=O) groups excluding carboxylic acids is 2. The highest BCUT2D eigenvalue weighted by Gasteiger charge is 2.28. The highest BCUT2D eigenvalue weighted by molar-refractivity contribution is 9.10. The number of fused-ring (bicyclic) bond motifs is 1. The van der Waals surface area contributed by atoms with Gasteiger partial charge in [-0.1, -0.05) is 6.92 Å². The van der Waals surface area contributed by atoms with Crippen LogP contribution < -0.4 is 5.32 Å². The Kier molecular flexibility index (Phi) is 5.35. The molecule has 0 bridgehead atoms. The summed E-state index contributed by atoms with van der Waals surface area (Å²) in [4.78, 5) is 26.1. The first-order chi connectivity index (χ1) is 11.6. The van der Waals surface area contributed by atoms with E-state index in [4.69, 9.17) is 4.74 Å². The van der Waals surface area contributed by atoms with Crippen LogP contribution in [-0.2, 0) is 17.6 Å². The largest absolute Gasteiger partial charge is 0.462 e. The average Bonchev–Trinajstić information content (AvgIpc) is 3.15. The molecule has 0 spiro atoms. The van der Waals surface area contributed by atoms with Crippen LogP contribution in [0, 0.1) is 0 Å². The van der Waals surface area contributed by atoms with Crippen molar-refractivity contribution in [2.24, 2.45) is 0 Å². The lowest BCUT2D eigenvalue weighted by molar-refractivity contribution is 0.0505. The van der Waals surface area contributed by atoms with E-state index >= 15 is 0 Å². The highest BCUT2D eigenvalue weighted by atomic mass is 79.9. The molecule has 1 aliphatic rings. The number of hydrogen-bond donors (Lipinski definition) is 2. The standard InChI is InChI=1S/C16H18BrN3O3S/c1-2-7-23-16(22)12-9-5-3-4-6-11(9)24-15(12)19-14(21)13-10(17)8-18-20-13/h8H,2-7H2,1H3,(H,18,20)(H,19,21). The maximum absolute atomic E-state index is 12.5. The third-order valence-electron chi connectivity index (χ3n) is 3.86. The SMILES string of the molecule is CCCOC(=O)c1c(NC(=O)c2[nH]ncc2Br)sc2c1CCCC2. The fourth-order valence-corrected chi connectivity index (χ4v) is 4.38. The molecule has 0 radical (unpaired) electrons. The lowest BCUT2D eigenvalue weighted by atomic mass is 9.95. The van der Waals surface area contributed by atoms with E-state index in [1.807, 2.05) is 6.92 Å². The lowest BCUT2D eigenvalue weighted by Gasteiger charge is -2.12. The molecule has 0 atom stereocenters. The number of amides is 1. The summed E-state index contributed by atoms with van der Waals surface area (Å²) in [6.45, 7) is 2.33. The topological polar surface area (TPSA) is 84.1 Å². The van der Waals surface area contributed by atoms with Gasteiger partial charge in [-0.2, -0.15) is 5.10 Å². The van der Waals surface area contributed by atoms with Crippen LogP contribution in [0.2, 0.25) is 0 Å². The smallest absolute Gasteiger partial charge is 0.341 e. The van der Waals surface area contributed by atoms with Crippen LogP contribution in [0.25, 0.3) is 0 Å². The molecule has 2 heterocycles. The monoisotopic (exact) mass is 411 g/mol. The number of rotatable bonds is 5. The third-order valence-corrected chi connectivity index (χ3v) is 5.67. The second-order valence-electron chi connectivity index (χ2n) is 5.60. The molecule has 3 rings (SSSR count). The van der Waals surface area contributed by atoms with Crippen molar-refractivity contribution in [3.63, 3.8) is 0 Å². The first kappa shape index (κ1) is 17.2. The van der Waals surface area contributed by atoms with Gasteiger partial charge in [0.15, 0.2) is 0 Å². The molecule has 8 heteroatoms. The van der Waals surface area contributed by atoms with Gasteiger partial charge in [0.05, 0.1) is 22.8 Å². The number of nitrogens with one attached hydrogen (secondary N) is 2. The van der Waals surface area contributed by atoms with Gasteiger partial charge in [0.2, 0.25) is 0 Å². The van der Waals surface area contributed by atoms with E-state index in [1.54, 1.807) is 0 Å². The van der Waals surface area contributed by atoms with Crippen molar-refractivity contribution in [3.8, 4) is 0 Å². The fourth-order valence-electron chi connectivity index (χ4n) is 2.73. The number of H-pyrrole nitrogens is 1. The summed E-state index contributed by atoms with van der Waals surface area (Å²) < 4.78 is 5.91. The Morgan fingerprint density at radius 2 is 2.21 bits per heavy atom. The molecule has 128 valence electrons. The molecule has 6 nitrogen and oxygen atoms in total. The fraction of sp³-hybridized carbons (Fsp3) is 0.438. The average molecular weight is 412 g/mol. The number of thiophene rings is 1. The predicted molar refractivity (Wildman–Crippen MR) is 95.8 cm³/mol. The van der Waals surface area contributed by atoms with Gasteiger partial charge in [-0.05, 0) is 53.6 Å². The van der Waals surface area contributed by atoms with Crippen LogP contribution in [0.4, 0.5) is 5.00 Å². The van der Waals surface area contributed by atoms with Crippen molar-refractivity contribution in [1.29, 1.82) is 0 Å². The molecule has 2 aromatic rings. The number of hydrogen-bond acceptors (Lipinski definition) is 5. The number of carbonyl (C=O) groups is 2. The molecule has 24 heavy (non-hydrogen) atoms. The number of nitrogens with zero attached hydrogens (tertiary/aromatic N) is 1. The predicted octanol–water partition coefficient (Wildman–Crippen LogP) is 3.93. The van der Waals surface area contributed by atoms with Gasteiger partial charge >= 0.3 is 5.97 Å². The maximum Gasteiger partial charge on any atom is 0.341 e. The van der Waals surface area contributed by atoms with Crippen molar-refractivity contribution < 1.29 is 14.3 Å². The second-order valence-corrected chi connectivity index (χ2v) is 7.56. The van der Waals surface area contributed by atoms with E-state index in [2.05, 4.69) is 31.4 Å². The normalized spacial score (nSPS) is 13.4. The lowest BCUT2D eigenvalue weighted by Crippen LogP contribution is -2.16. The van der Waals surface area contributed by atoms with Crippen molar-refractivity contribution in [2.45, 2.75) is 39.0 Å². The van der Waals surface area contributed by atoms with Gasteiger partial charge < -0.3 is 10.1 Å². The molecule has 1 aliphatic carbocycles. The van der Waals surface area contributed by atoms with Crippen LogP contribution in [0.3, 0.4) is 0 Å². The van der Waals surface area contributed by atoms with Crippen LogP contribution in [0.1, 0.15) is 57.5 Å². The molecular formula is C16H18BrN3O3S. The number of esters is 1. The third kappa shape index (κ3) is 3.39. The minimum Gasteiger partial charge on any atom is -0.462 e. The molecule has 0 aliphatic heterocycles. The van der Waals surface area contributed by atoms with Gasteiger partial charge in [-0.25, -0.2) is 4.79 Å². The Labute approximate surface area is 152 Å². The summed E-state index contributed by atoms with van der Waals surface area (Å²) in [5.74, 6) is -0.683. The summed E-state index contributed by atoms with van der Waals surface area (Å²) in [5, 5.41) is 9.89. The molecule has 0 unspecified atom stereocenters. The summed E-state index contributed by atoms with van der Waals surface area (Å²) in [5.41, 5.74) is 1.88. The number of anilines is 1. The van der Waals surface area contributed by atoms with E-state index < -0.39 is 0 Å². The number of aromatic nitrogens is 2. The number of halogens is 1. The van der Waals surface area contributed by atoms with E-state index in [0.717, 1.165) is 37.7 Å². The molecular weight excluding hydrogens is 394 g/mol. The number of ether oxygens (including phenoxy) is 1. The van der Waals surface area contributed by atoms with Gasteiger partial charge in [-0.3, -0.25) is 9.89 Å². The Balaban J connectivity index is 1.91. The second kappa shape index (κ2) is 7.48. The Morgan fingerprint density at radius 3 is 2.92 bits per heavy atom. The Hall–Kier alpha value is -1.67. The van der Waals surface area contributed by atoms with Crippen molar-refractivity contribution in [1.82, 2.24) is 10.2 Å². The van der Waals surface area contributed by atoms with Crippen molar-refractivity contribution >= 4 is 44.1 Å². The summed E-state index contributed by atoms with van der Waals surface area (Å²) in [7, 11) is 0. The zero-order valence-electron chi connectivity index (χ0n) is 13.3. The van der Waals surface area contributed by atoms with Crippen LogP contribution in [-0.4, -0.2) is 28.7 Å². The first-order valence-electron chi connectivity index (χ1n) is 7.93. The van der Waals surface area contributed by atoms with E-state index in [-0.39, 0.29) is 11.9 Å². The van der Waals surface area contributed by atoms with E-state index in [1.165, 1.54) is 22.4 Å². The molecule has 2 aromatic heterocycles. The van der Waals surface area contributed by atoms with Crippen molar-refractivity contribution in [3.05, 3.63) is 32.4 Å². The molecule has 0 aromatic carbocycles. The quantitative estimate of drug-likeness (QED) is 0.729. The molecule has 1 amide bonds. The van der Waals surface area contributed by atoms with E-state index in [0.29, 0.717) is 27.3 Å². The number of aromatic amines is 1. The van der Waals surface area contributed by atoms with Gasteiger partial charge in [-0.15, -0.1) is 11.3 Å². The Morgan fingerprint density at radius 1 is 1.42 bits per heavy atom. The summed E-state index contributed by atoms with van der Waals surface area (Å²) in [6, 6.07) is 0. The van der Waals surface area contributed by atoms with Gasteiger partial charge in [0.25, 0.3) is 5.91 Å². The number of aryl methyl sites for hydroxylation is 1. The first-order valence-corrected chi connectivity index (χ1v) is 9.54. The molecule has 0 saturated heterocycles. The molecule has 0 fully saturated rings. The highest BCUT2D eigenvalue weighted by Crippen LogP contribution is 2.39. The van der Waals surface area contributed by atoms with Gasteiger partial charge in [0.1, 0.15) is 10.7 Å². The zero-order chi connectivity index (χ0) is 17.1. The Bertz CT molecular complexity index is 769. The molecule has 0 saturated carbocycles. The van der Waals surface area contributed by atoms with Crippen LogP contribution >= 0.6 is 27.3 Å². The summed E-state index contributed by atoms with van der Waals surface area (Å²) in [6.07, 6.45) is 6.24. The molecule has 2 N–H and O–H groups in total. The van der Waals surface area contributed by atoms with Crippen LogP contribution in [0.15, 0.2) is 10.7 Å². The van der Waals surface area contributed by atoms with Crippen molar-refractivity contribution in [2.75, 3.05) is 11.9 Å². The maximum atomic E-state index is 12.5. The minimum absolute atomic E-state index is 0.328. The minimum atomic E-state index is -0.352. The van der Waals surface area contributed by atoms with E-state index in [9.17, 15) is 9.59 Å². The zero-order valence-corrected chi connectivity index (χ0v) is 15.7. The summed E-state index contributed by atoms with van der Waals surface area (Å²) >= 11 is 4.75.